The van der Waals surface area contributed by atoms with Gasteiger partial charge in [-0.1, -0.05) is 72.4 Å². The lowest BCUT2D eigenvalue weighted by atomic mass is 10.2. The van der Waals surface area contributed by atoms with Gasteiger partial charge in [0, 0.05) is 18.3 Å². The normalized spacial score (nSPS) is 12.6. The monoisotopic (exact) mass is 485 g/mol. The quantitative estimate of drug-likeness (QED) is 0.345. The molecule has 0 unspecified atom stereocenters. The Morgan fingerprint density at radius 2 is 1.71 bits per heavy atom. The van der Waals surface area contributed by atoms with E-state index < -0.39 is 0 Å². The molecule has 0 atom stereocenters. The van der Waals surface area contributed by atoms with Gasteiger partial charge in [0.05, 0.1) is 11.4 Å². The number of thioether (sulfide) groups is 1. The first-order valence-electron chi connectivity index (χ1n) is 11.2. The molecule has 5 rings (SSSR count). The minimum Gasteiger partial charge on any atom is -0.486 e. The van der Waals surface area contributed by atoms with E-state index in [9.17, 15) is 4.79 Å². The molecule has 1 amide bonds. The zero-order valence-corrected chi connectivity index (χ0v) is 19.7. The molecule has 4 aromatic rings. The second-order valence-electron chi connectivity index (χ2n) is 7.64. The molecule has 0 radical (unpaired) electrons. The van der Waals surface area contributed by atoms with Gasteiger partial charge in [0.1, 0.15) is 13.2 Å². The van der Waals surface area contributed by atoms with Crippen molar-refractivity contribution in [2.45, 2.75) is 5.16 Å². The maximum atomic E-state index is 13.4. The Morgan fingerprint density at radius 1 is 0.971 bits per heavy atom. The van der Waals surface area contributed by atoms with Gasteiger partial charge in [-0.15, -0.1) is 5.10 Å². The first-order valence-corrected chi connectivity index (χ1v) is 12.1. The third-order valence-corrected chi connectivity index (χ3v) is 6.21. The van der Waals surface area contributed by atoms with E-state index >= 15 is 0 Å². The number of aromatic nitrogens is 4. The Balaban J connectivity index is 1.35. The van der Waals surface area contributed by atoms with Crippen molar-refractivity contribution in [1.29, 1.82) is 0 Å². The van der Waals surface area contributed by atoms with Crippen molar-refractivity contribution >= 4 is 29.4 Å². The molecule has 8 nitrogen and oxygen atoms in total. The lowest BCUT2D eigenvalue weighted by molar-refractivity contribution is -0.116. The van der Waals surface area contributed by atoms with E-state index in [0.717, 1.165) is 16.9 Å². The van der Waals surface area contributed by atoms with Crippen molar-refractivity contribution in [3.63, 3.8) is 0 Å². The summed E-state index contributed by atoms with van der Waals surface area (Å²) >= 11 is 1.29. The van der Waals surface area contributed by atoms with Gasteiger partial charge in [0.15, 0.2) is 11.5 Å². The highest BCUT2D eigenvalue weighted by Gasteiger charge is 2.20. The summed E-state index contributed by atoms with van der Waals surface area (Å²) < 4.78 is 13.0. The first-order chi connectivity index (χ1) is 17.3. The van der Waals surface area contributed by atoms with Gasteiger partial charge in [-0.2, -0.15) is 4.68 Å². The predicted octanol–water partition coefficient (Wildman–Crippen LogP) is 4.27. The highest BCUT2D eigenvalue weighted by molar-refractivity contribution is 7.99. The summed E-state index contributed by atoms with van der Waals surface area (Å²) in [6.07, 6.45) is 3.98. The smallest absolute Gasteiger partial charge is 0.237 e. The highest BCUT2D eigenvalue weighted by Crippen LogP contribution is 2.34. The fourth-order valence-corrected chi connectivity index (χ4v) is 4.38. The van der Waals surface area contributed by atoms with Crippen LogP contribution in [0.4, 0.5) is 5.69 Å². The molecule has 1 aliphatic heterocycles. The number of hydrogen-bond donors (Lipinski definition) is 0. The Bertz CT molecular complexity index is 1310. The molecule has 0 spiro atoms. The molecule has 0 saturated heterocycles. The van der Waals surface area contributed by atoms with Crippen molar-refractivity contribution in [3.8, 4) is 17.2 Å². The van der Waals surface area contributed by atoms with E-state index in [2.05, 4.69) is 15.5 Å². The highest BCUT2D eigenvalue weighted by atomic mass is 32.2. The second kappa shape index (κ2) is 10.9. The van der Waals surface area contributed by atoms with Crippen LogP contribution in [-0.4, -0.2) is 51.6 Å². The van der Waals surface area contributed by atoms with Gasteiger partial charge in [-0.3, -0.25) is 4.79 Å². The fourth-order valence-electron chi connectivity index (χ4n) is 3.61. The minimum atomic E-state index is -0.0769. The standard InChI is InChI=1S/C26H23N5O3S/c32-25(19-35-26-27-28-29-31(26)21-11-5-2-6-12-21)30(15-7-10-20-8-3-1-4-9-20)22-13-14-23-24(18-22)34-17-16-33-23/h1-14,18H,15-17,19H2. The van der Waals surface area contributed by atoms with Crippen LogP contribution in [0.25, 0.3) is 11.8 Å². The number of ether oxygens (including phenoxy) is 2. The zero-order chi connectivity index (χ0) is 23.9. The molecule has 0 bridgehead atoms. The second-order valence-corrected chi connectivity index (χ2v) is 8.59. The number of rotatable bonds is 8. The molecule has 0 fully saturated rings. The molecule has 0 aliphatic carbocycles. The summed E-state index contributed by atoms with van der Waals surface area (Å²) in [5.74, 6) is 1.41. The number of carbonyl (C=O) groups is 1. The summed E-state index contributed by atoms with van der Waals surface area (Å²) in [5.41, 5.74) is 2.64. The molecule has 2 heterocycles. The molecular formula is C26H23N5O3S. The maximum absolute atomic E-state index is 13.4. The number of hydrogen-bond acceptors (Lipinski definition) is 7. The van der Waals surface area contributed by atoms with Crippen LogP contribution < -0.4 is 14.4 Å². The Labute approximate surface area is 207 Å². The molecule has 9 heteroatoms. The lowest BCUT2D eigenvalue weighted by Crippen LogP contribution is -2.33. The SMILES string of the molecule is O=C(CSc1nnnn1-c1ccccc1)N(CC=Cc1ccccc1)c1ccc2c(c1)OCCO2. The molecule has 0 saturated carbocycles. The van der Waals surface area contributed by atoms with E-state index in [0.29, 0.717) is 36.4 Å². The number of benzene rings is 3. The Hall–Kier alpha value is -4.11. The summed E-state index contributed by atoms with van der Waals surface area (Å²) in [6, 6.07) is 25.1. The van der Waals surface area contributed by atoms with Crippen LogP contribution in [0.5, 0.6) is 11.5 Å². The summed E-state index contributed by atoms with van der Waals surface area (Å²) in [6.45, 7) is 1.40. The first kappa shape index (κ1) is 22.7. The Kier molecular flexibility index (Phi) is 7.05. The summed E-state index contributed by atoms with van der Waals surface area (Å²) in [4.78, 5) is 15.1. The predicted molar refractivity (Wildman–Crippen MR) is 135 cm³/mol. The molecule has 1 aliphatic rings. The van der Waals surface area contributed by atoms with Crippen molar-refractivity contribution < 1.29 is 14.3 Å². The zero-order valence-electron chi connectivity index (χ0n) is 18.9. The van der Waals surface area contributed by atoms with Crippen molar-refractivity contribution in [3.05, 3.63) is 90.5 Å². The van der Waals surface area contributed by atoms with Gasteiger partial charge in [-0.05, 0) is 40.3 Å². The largest absolute Gasteiger partial charge is 0.486 e. The number of anilines is 1. The van der Waals surface area contributed by atoms with E-state index in [1.165, 1.54) is 11.8 Å². The van der Waals surface area contributed by atoms with Crippen LogP contribution in [0.3, 0.4) is 0 Å². The van der Waals surface area contributed by atoms with Crippen LogP contribution in [-0.2, 0) is 4.79 Å². The summed E-state index contributed by atoms with van der Waals surface area (Å²) in [5, 5.41) is 12.5. The average molecular weight is 486 g/mol. The topological polar surface area (TPSA) is 82.4 Å². The minimum absolute atomic E-state index is 0.0769. The number of para-hydroxylation sites is 1. The van der Waals surface area contributed by atoms with Crippen molar-refractivity contribution in [1.82, 2.24) is 20.2 Å². The van der Waals surface area contributed by atoms with Gasteiger partial charge in [-0.25, -0.2) is 0 Å². The summed E-state index contributed by atoms with van der Waals surface area (Å²) in [7, 11) is 0. The molecule has 0 N–H and O–H groups in total. The van der Waals surface area contributed by atoms with Crippen molar-refractivity contribution in [2.24, 2.45) is 0 Å². The number of carbonyl (C=O) groups excluding carboxylic acids is 1. The molecule has 176 valence electrons. The molecule has 1 aromatic heterocycles. The van der Waals surface area contributed by atoms with Crippen LogP contribution in [0.15, 0.2) is 90.1 Å². The van der Waals surface area contributed by atoms with Gasteiger partial charge in [0.25, 0.3) is 0 Å². The molecule has 35 heavy (non-hydrogen) atoms. The van der Waals surface area contributed by atoms with Gasteiger partial charge < -0.3 is 14.4 Å². The number of nitrogens with zero attached hydrogens (tertiary/aromatic N) is 5. The fraction of sp³-hybridized carbons (Fsp3) is 0.154. The average Bonchev–Trinajstić information content (AvgIpc) is 3.39. The third-order valence-electron chi connectivity index (χ3n) is 5.30. The molecular weight excluding hydrogens is 462 g/mol. The van der Waals surface area contributed by atoms with E-state index in [1.54, 1.807) is 9.58 Å². The molecule has 3 aromatic carbocycles. The maximum Gasteiger partial charge on any atom is 0.237 e. The third kappa shape index (κ3) is 5.52. The van der Waals surface area contributed by atoms with E-state index in [-0.39, 0.29) is 11.7 Å². The van der Waals surface area contributed by atoms with Crippen molar-refractivity contribution in [2.75, 3.05) is 30.4 Å². The van der Waals surface area contributed by atoms with Gasteiger partial charge in [0.2, 0.25) is 11.1 Å². The van der Waals surface area contributed by atoms with Crippen LogP contribution in [0.1, 0.15) is 5.56 Å². The van der Waals surface area contributed by atoms with Crippen LogP contribution in [0.2, 0.25) is 0 Å². The van der Waals surface area contributed by atoms with E-state index in [1.807, 2.05) is 91.0 Å². The number of tetrazole rings is 1. The van der Waals surface area contributed by atoms with E-state index in [4.69, 9.17) is 9.47 Å². The van der Waals surface area contributed by atoms with Crippen LogP contribution in [0, 0.1) is 0 Å². The van der Waals surface area contributed by atoms with Gasteiger partial charge >= 0.3 is 0 Å². The number of fused-ring (bicyclic) bond motifs is 1. The lowest BCUT2D eigenvalue weighted by Gasteiger charge is -2.24. The Morgan fingerprint density at radius 3 is 2.51 bits per heavy atom. The van der Waals surface area contributed by atoms with Crippen LogP contribution >= 0.6 is 11.8 Å². The number of amides is 1.